The highest BCUT2D eigenvalue weighted by atomic mass is 32.1. The molecule has 9 heteroatoms. The van der Waals surface area contributed by atoms with Gasteiger partial charge in [-0.25, -0.2) is 19.0 Å². The highest BCUT2D eigenvalue weighted by molar-refractivity contribution is 7.22. The zero-order chi connectivity index (χ0) is 20.5. The van der Waals surface area contributed by atoms with Crippen LogP contribution in [0.5, 0.6) is 0 Å². The van der Waals surface area contributed by atoms with Crippen molar-refractivity contribution in [1.29, 1.82) is 0 Å². The lowest BCUT2D eigenvalue weighted by Crippen LogP contribution is -2.43. The predicted molar refractivity (Wildman–Crippen MR) is 113 cm³/mol. The molecule has 1 aliphatic carbocycles. The summed E-state index contributed by atoms with van der Waals surface area (Å²) < 4.78 is 15.8. The Morgan fingerprint density at radius 2 is 2.03 bits per heavy atom. The quantitative estimate of drug-likeness (QED) is 0.511. The molecule has 2 aromatic heterocycles. The van der Waals surface area contributed by atoms with Crippen molar-refractivity contribution in [2.24, 2.45) is 0 Å². The third-order valence-electron chi connectivity index (χ3n) is 5.31. The number of nitrogens with one attached hydrogen (secondary N) is 2. The summed E-state index contributed by atoms with van der Waals surface area (Å²) >= 11 is 1.42. The summed E-state index contributed by atoms with van der Waals surface area (Å²) in [6.45, 7) is 0. The number of hydrogen-bond donors (Lipinski definition) is 2. The fourth-order valence-electron chi connectivity index (χ4n) is 3.87. The molecule has 1 aliphatic rings. The van der Waals surface area contributed by atoms with Crippen LogP contribution in [-0.4, -0.2) is 37.7 Å². The van der Waals surface area contributed by atoms with Crippen molar-refractivity contribution in [2.75, 3.05) is 5.32 Å². The molecule has 152 valence electrons. The summed E-state index contributed by atoms with van der Waals surface area (Å²) in [6.07, 6.45) is 5.83. The first-order valence-corrected chi connectivity index (χ1v) is 10.6. The van der Waals surface area contributed by atoms with Gasteiger partial charge in [-0.1, -0.05) is 23.5 Å². The number of halogens is 1. The molecule has 30 heavy (non-hydrogen) atoms. The van der Waals surface area contributed by atoms with Gasteiger partial charge >= 0.3 is 0 Å². The molecule has 0 spiro atoms. The minimum atomic E-state index is -0.269. The Morgan fingerprint density at radius 3 is 2.90 bits per heavy atom. The van der Waals surface area contributed by atoms with E-state index >= 15 is 0 Å². The first kappa shape index (κ1) is 18.7. The molecule has 5 rings (SSSR count). The largest absolute Gasteiger partial charge is 0.357 e. The van der Waals surface area contributed by atoms with Crippen LogP contribution >= 0.6 is 11.3 Å². The zero-order valence-corrected chi connectivity index (χ0v) is 16.8. The topological polar surface area (TPSA) is 84.7 Å². The number of hydrogen-bond acceptors (Lipinski definition) is 6. The highest BCUT2D eigenvalue weighted by Crippen LogP contribution is 2.30. The van der Waals surface area contributed by atoms with Crippen LogP contribution in [0.25, 0.3) is 15.9 Å². The monoisotopic (exact) mass is 422 g/mol. The smallest absolute Gasteiger partial charge is 0.253 e. The fraction of sp³-hybridized carbons (Fsp3) is 0.238. The number of carbonyl (C=O) groups is 1. The molecule has 2 heterocycles. The summed E-state index contributed by atoms with van der Waals surface area (Å²) in [4.78, 5) is 21.5. The Bertz CT molecular complexity index is 1190. The first-order valence-electron chi connectivity index (χ1n) is 9.75. The molecule has 0 bridgehead atoms. The SMILES string of the molecule is O=C(N[C@H]1CCC[C@H]1Nc1nc2ccc(F)cc2s1)c1ccccc1-n1cncn1. The summed E-state index contributed by atoms with van der Waals surface area (Å²) in [5.74, 6) is -0.416. The third kappa shape index (κ3) is 3.63. The van der Waals surface area contributed by atoms with E-state index in [4.69, 9.17) is 0 Å². The molecule has 7 nitrogen and oxygen atoms in total. The van der Waals surface area contributed by atoms with Gasteiger partial charge < -0.3 is 10.6 Å². The Hall–Kier alpha value is -3.33. The Kier molecular flexibility index (Phi) is 4.88. The summed E-state index contributed by atoms with van der Waals surface area (Å²) in [7, 11) is 0. The van der Waals surface area contributed by atoms with Crippen LogP contribution in [0.1, 0.15) is 29.6 Å². The summed E-state index contributed by atoms with van der Waals surface area (Å²) in [5, 5.41) is 11.5. The molecule has 1 fully saturated rings. The number of carbonyl (C=O) groups excluding carboxylic acids is 1. The number of thiazole rings is 1. The van der Waals surface area contributed by atoms with E-state index in [1.807, 2.05) is 18.2 Å². The second-order valence-electron chi connectivity index (χ2n) is 7.25. The molecule has 1 saturated carbocycles. The van der Waals surface area contributed by atoms with E-state index in [9.17, 15) is 9.18 Å². The van der Waals surface area contributed by atoms with Gasteiger partial charge in [0, 0.05) is 12.1 Å². The lowest BCUT2D eigenvalue weighted by Gasteiger charge is -2.22. The molecule has 4 aromatic rings. The van der Waals surface area contributed by atoms with E-state index in [1.54, 1.807) is 23.1 Å². The van der Waals surface area contributed by atoms with Crippen LogP contribution in [0, 0.1) is 5.82 Å². The number of para-hydroxylation sites is 1. The van der Waals surface area contributed by atoms with Crippen LogP contribution in [0.2, 0.25) is 0 Å². The maximum Gasteiger partial charge on any atom is 0.253 e. The van der Waals surface area contributed by atoms with Crippen molar-refractivity contribution in [2.45, 2.75) is 31.3 Å². The van der Waals surface area contributed by atoms with Gasteiger partial charge in [0.1, 0.15) is 18.5 Å². The average molecular weight is 422 g/mol. The normalized spacial score (nSPS) is 18.6. The highest BCUT2D eigenvalue weighted by Gasteiger charge is 2.30. The zero-order valence-electron chi connectivity index (χ0n) is 16.0. The van der Waals surface area contributed by atoms with Gasteiger partial charge in [0.15, 0.2) is 5.13 Å². The summed E-state index contributed by atoms with van der Waals surface area (Å²) in [6, 6.07) is 12.0. The van der Waals surface area contributed by atoms with E-state index in [-0.39, 0.29) is 23.8 Å². The standard InChI is InChI=1S/C21H19FN6OS/c22-13-8-9-17-19(10-13)30-21(27-17)26-16-6-3-5-15(16)25-20(29)14-4-1-2-7-18(14)28-12-23-11-24-28/h1-2,4,7-12,15-16H,3,5-6H2,(H,25,29)(H,26,27)/t15-,16+/m0/s1. The van der Waals surface area contributed by atoms with Crippen LogP contribution in [-0.2, 0) is 0 Å². The van der Waals surface area contributed by atoms with Crippen molar-refractivity contribution in [1.82, 2.24) is 25.1 Å². The minimum Gasteiger partial charge on any atom is -0.357 e. The van der Waals surface area contributed by atoms with Crippen LogP contribution < -0.4 is 10.6 Å². The Morgan fingerprint density at radius 1 is 1.17 bits per heavy atom. The van der Waals surface area contributed by atoms with Crippen molar-refractivity contribution in [3.05, 3.63) is 66.5 Å². The molecule has 2 atom stereocenters. The van der Waals surface area contributed by atoms with Gasteiger partial charge in [-0.2, -0.15) is 5.10 Å². The van der Waals surface area contributed by atoms with Crippen LogP contribution in [0.3, 0.4) is 0 Å². The molecular formula is C21H19FN6OS. The minimum absolute atomic E-state index is 0.0231. The molecular weight excluding hydrogens is 403 g/mol. The molecule has 0 saturated heterocycles. The number of anilines is 1. The molecule has 1 amide bonds. The second kappa shape index (κ2) is 7.83. The average Bonchev–Trinajstić information content (AvgIpc) is 3.49. The van der Waals surface area contributed by atoms with Crippen molar-refractivity contribution in [3.63, 3.8) is 0 Å². The van der Waals surface area contributed by atoms with Gasteiger partial charge in [-0.15, -0.1) is 0 Å². The lowest BCUT2D eigenvalue weighted by molar-refractivity contribution is 0.0935. The molecule has 0 unspecified atom stereocenters. The lowest BCUT2D eigenvalue weighted by atomic mass is 10.1. The van der Waals surface area contributed by atoms with Gasteiger partial charge in [0.05, 0.1) is 21.5 Å². The molecule has 2 aromatic carbocycles. The van der Waals surface area contributed by atoms with Crippen molar-refractivity contribution >= 4 is 32.6 Å². The number of benzene rings is 2. The maximum absolute atomic E-state index is 13.5. The van der Waals surface area contributed by atoms with E-state index in [0.717, 1.165) is 34.6 Å². The third-order valence-corrected chi connectivity index (χ3v) is 6.26. The van der Waals surface area contributed by atoms with Gasteiger partial charge in [0.2, 0.25) is 0 Å². The van der Waals surface area contributed by atoms with Crippen LogP contribution in [0.15, 0.2) is 55.1 Å². The van der Waals surface area contributed by atoms with Gasteiger partial charge in [-0.3, -0.25) is 4.79 Å². The van der Waals surface area contributed by atoms with Crippen molar-refractivity contribution in [3.8, 4) is 5.69 Å². The number of amides is 1. The number of rotatable bonds is 5. The predicted octanol–water partition coefficient (Wildman–Crippen LogP) is 3.78. The van der Waals surface area contributed by atoms with E-state index in [2.05, 4.69) is 25.7 Å². The number of aromatic nitrogens is 4. The van der Waals surface area contributed by atoms with Crippen molar-refractivity contribution < 1.29 is 9.18 Å². The first-order chi connectivity index (χ1) is 14.7. The Balaban J connectivity index is 1.33. The Labute approximate surface area is 176 Å². The number of fused-ring (bicyclic) bond motifs is 1. The molecule has 0 aliphatic heterocycles. The van der Waals surface area contributed by atoms with Crippen LogP contribution in [0.4, 0.5) is 9.52 Å². The second-order valence-corrected chi connectivity index (χ2v) is 8.28. The van der Waals surface area contributed by atoms with E-state index in [1.165, 1.54) is 29.8 Å². The van der Waals surface area contributed by atoms with Gasteiger partial charge in [0.25, 0.3) is 5.91 Å². The molecule has 0 radical (unpaired) electrons. The van der Waals surface area contributed by atoms with Gasteiger partial charge in [-0.05, 0) is 49.6 Å². The van der Waals surface area contributed by atoms with E-state index in [0.29, 0.717) is 11.3 Å². The maximum atomic E-state index is 13.5. The fourth-order valence-corrected chi connectivity index (χ4v) is 4.82. The molecule has 2 N–H and O–H groups in total. The van der Waals surface area contributed by atoms with E-state index < -0.39 is 0 Å². The number of nitrogens with zero attached hydrogens (tertiary/aromatic N) is 4. The summed E-state index contributed by atoms with van der Waals surface area (Å²) in [5.41, 5.74) is 2.00.